The molecule has 0 spiro atoms. The third kappa shape index (κ3) is 4.72. The zero-order valence-corrected chi connectivity index (χ0v) is 24.2. The number of aromatic amines is 1. The number of aromatic hydroxyl groups is 1. The average molecular weight is 570 g/mol. The molecule has 2 N–H and O–H groups in total. The van der Waals surface area contributed by atoms with E-state index < -0.39 is 11.3 Å². The number of hydrogen-bond donors (Lipinski definition) is 2. The van der Waals surface area contributed by atoms with E-state index >= 15 is 0 Å². The van der Waals surface area contributed by atoms with Crippen molar-refractivity contribution in [2.75, 3.05) is 20.1 Å². The predicted octanol–water partition coefficient (Wildman–Crippen LogP) is 5.58. The summed E-state index contributed by atoms with van der Waals surface area (Å²) in [4.78, 5) is 24.6. The summed E-state index contributed by atoms with van der Waals surface area (Å²) >= 11 is 0. The topological polar surface area (TPSA) is 74.2 Å². The minimum atomic E-state index is -1.33. The standard InChI is InChI=1S/C35H32BFN4O2/c1-40-17-14-24(15-18-40)22-6-8-23(9-7-22)25-10-12-28-26(20-25)16-19-41(33(28)43)35(36,29-21-27(37)11-13-32(29)42)34-38-30-4-2-3-5-31(30)39-34/h2-13,16,19-21,24,42H,14-15,17-18,36H2,1H3,(H,38,39). The van der Waals surface area contributed by atoms with Gasteiger partial charge in [-0.25, -0.2) is 9.37 Å². The molecule has 2 aromatic heterocycles. The second-order valence-corrected chi connectivity index (χ2v) is 11.8. The van der Waals surface area contributed by atoms with Crippen molar-refractivity contribution in [1.82, 2.24) is 19.4 Å². The van der Waals surface area contributed by atoms with E-state index in [4.69, 9.17) is 4.98 Å². The number of benzene rings is 4. The number of H-pyrrole nitrogens is 1. The van der Waals surface area contributed by atoms with Gasteiger partial charge in [0.25, 0.3) is 5.56 Å². The smallest absolute Gasteiger partial charge is 0.258 e. The summed E-state index contributed by atoms with van der Waals surface area (Å²) < 4.78 is 16.1. The fraction of sp³-hybridized carbons (Fsp3) is 0.200. The van der Waals surface area contributed by atoms with Gasteiger partial charge < -0.3 is 19.6 Å². The number of para-hydroxylation sites is 2. The van der Waals surface area contributed by atoms with E-state index in [-0.39, 0.29) is 16.9 Å². The second-order valence-electron chi connectivity index (χ2n) is 11.8. The number of phenols is 1. The van der Waals surface area contributed by atoms with E-state index in [9.17, 15) is 14.3 Å². The molecule has 1 aliphatic heterocycles. The summed E-state index contributed by atoms with van der Waals surface area (Å²) in [6.07, 6.45) is 4.06. The largest absolute Gasteiger partial charge is 0.508 e. The molecule has 8 heteroatoms. The van der Waals surface area contributed by atoms with Gasteiger partial charge in [0.15, 0.2) is 7.85 Å². The van der Waals surface area contributed by atoms with Gasteiger partial charge in [0.1, 0.15) is 17.4 Å². The molecule has 1 fully saturated rings. The Bertz CT molecular complexity index is 2000. The van der Waals surface area contributed by atoms with Crippen molar-refractivity contribution < 1.29 is 9.50 Å². The zero-order chi connectivity index (χ0) is 29.7. The summed E-state index contributed by atoms with van der Waals surface area (Å²) in [6.45, 7) is 2.26. The molecular formula is C35H32BFN4O2. The quantitative estimate of drug-likeness (QED) is 0.266. The lowest BCUT2D eigenvalue weighted by Crippen LogP contribution is -2.44. The van der Waals surface area contributed by atoms with E-state index in [1.54, 1.807) is 14.0 Å². The van der Waals surface area contributed by atoms with E-state index in [2.05, 4.69) is 41.2 Å². The number of nitrogens with zero attached hydrogens (tertiary/aromatic N) is 3. The highest BCUT2D eigenvalue weighted by Crippen LogP contribution is 2.36. The van der Waals surface area contributed by atoms with Crippen LogP contribution in [0.2, 0.25) is 0 Å². The van der Waals surface area contributed by atoms with Gasteiger partial charge in [0.2, 0.25) is 0 Å². The molecule has 0 radical (unpaired) electrons. The monoisotopic (exact) mass is 570 g/mol. The Labute approximate surface area is 249 Å². The van der Waals surface area contributed by atoms with Crippen molar-refractivity contribution in [3.63, 3.8) is 0 Å². The Hall–Kier alpha value is -4.69. The molecule has 0 bridgehead atoms. The maximum atomic E-state index is 14.6. The first-order valence-electron chi connectivity index (χ1n) is 14.7. The van der Waals surface area contributed by atoms with Crippen LogP contribution >= 0.6 is 0 Å². The molecule has 1 unspecified atom stereocenters. The first kappa shape index (κ1) is 27.2. The Morgan fingerprint density at radius 3 is 2.47 bits per heavy atom. The molecule has 1 aliphatic rings. The molecule has 43 heavy (non-hydrogen) atoms. The molecular weight excluding hydrogens is 538 g/mol. The predicted molar refractivity (Wildman–Crippen MR) is 172 cm³/mol. The van der Waals surface area contributed by atoms with Crippen LogP contribution < -0.4 is 5.56 Å². The molecule has 3 heterocycles. The molecule has 214 valence electrons. The molecule has 7 rings (SSSR count). The fourth-order valence-corrected chi connectivity index (χ4v) is 6.52. The van der Waals surface area contributed by atoms with Crippen molar-refractivity contribution in [1.29, 1.82) is 0 Å². The third-order valence-corrected chi connectivity index (χ3v) is 9.15. The number of imidazole rings is 1. The summed E-state index contributed by atoms with van der Waals surface area (Å²) in [7, 11) is 3.95. The van der Waals surface area contributed by atoms with Gasteiger partial charge in [-0.3, -0.25) is 4.79 Å². The van der Waals surface area contributed by atoms with Crippen LogP contribution in [-0.2, 0) is 5.44 Å². The molecule has 0 aliphatic carbocycles. The number of nitrogens with one attached hydrogen (secondary N) is 1. The first-order chi connectivity index (χ1) is 20.8. The Kier molecular flexibility index (Phi) is 6.66. The van der Waals surface area contributed by atoms with Crippen LogP contribution in [0, 0.1) is 5.82 Å². The molecule has 6 aromatic rings. The first-order valence-corrected chi connectivity index (χ1v) is 14.7. The summed E-state index contributed by atoms with van der Waals surface area (Å²) in [5.74, 6) is 0.363. The number of piperidine rings is 1. The van der Waals surface area contributed by atoms with Crippen LogP contribution in [0.5, 0.6) is 5.75 Å². The molecule has 0 saturated carbocycles. The SMILES string of the molecule is BC(c1nc2ccccc2[nH]1)(c1cc(F)ccc1O)n1ccc2cc(-c3ccc(C4CCN(C)CC4)cc3)ccc2c1=O. The van der Waals surface area contributed by atoms with Crippen molar-refractivity contribution >= 4 is 29.7 Å². The van der Waals surface area contributed by atoms with Crippen LogP contribution in [0.25, 0.3) is 32.9 Å². The molecule has 1 atom stereocenters. The van der Waals surface area contributed by atoms with Gasteiger partial charge in [-0.2, -0.15) is 0 Å². The molecule has 1 saturated heterocycles. The zero-order valence-electron chi connectivity index (χ0n) is 24.2. The normalized spacial score (nSPS) is 16.0. The maximum absolute atomic E-state index is 14.6. The molecule has 0 amide bonds. The average Bonchev–Trinajstić information content (AvgIpc) is 3.48. The summed E-state index contributed by atoms with van der Waals surface area (Å²) in [5, 5.41) is 12.2. The van der Waals surface area contributed by atoms with Crippen molar-refractivity contribution in [3.8, 4) is 16.9 Å². The van der Waals surface area contributed by atoms with Crippen LogP contribution in [0.3, 0.4) is 0 Å². The van der Waals surface area contributed by atoms with Gasteiger partial charge >= 0.3 is 0 Å². The van der Waals surface area contributed by atoms with Gasteiger partial charge in [0.05, 0.1) is 16.5 Å². The van der Waals surface area contributed by atoms with Crippen LogP contribution in [-0.4, -0.2) is 52.5 Å². The Morgan fingerprint density at radius 1 is 0.953 bits per heavy atom. The highest BCUT2D eigenvalue weighted by molar-refractivity contribution is 6.18. The lowest BCUT2D eigenvalue weighted by Gasteiger charge is -2.32. The van der Waals surface area contributed by atoms with Gasteiger partial charge in [-0.15, -0.1) is 0 Å². The van der Waals surface area contributed by atoms with Gasteiger partial charge in [0, 0.05) is 17.1 Å². The van der Waals surface area contributed by atoms with Crippen molar-refractivity contribution in [2.24, 2.45) is 0 Å². The lowest BCUT2D eigenvalue weighted by molar-refractivity contribution is 0.255. The maximum Gasteiger partial charge on any atom is 0.258 e. The number of halogens is 1. The van der Waals surface area contributed by atoms with Crippen molar-refractivity contribution in [3.05, 3.63) is 130 Å². The van der Waals surface area contributed by atoms with Crippen LogP contribution in [0.15, 0.2) is 102 Å². The van der Waals surface area contributed by atoms with Crippen molar-refractivity contribution in [2.45, 2.75) is 24.2 Å². The molecule has 4 aromatic carbocycles. The summed E-state index contributed by atoms with van der Waals surface area (Å²) in [6, 6.07) is 27.8. The van der Waals surface area contributed by atoms with Gasteiger partial charge in [-0.1, -0.05) is 42.5 Å². The van der Waals surface area contributed by atoms with E-state index in [0.717, 1.165) is 35.1 Å². The van der Waals surface area contributed by atoms with Crippen LogP contribution in [0.1, 0.15) is 35.7 Å². The minimum Gasteiger partial charge on any atom is -0.508 e. The number of rotatable bonds is 5. The number of hydrogen-bond acceptors (Lipinski definition) is 4. The highest BCUT2D eigenvalue weighted by Gasteiger charge is 2.38. The Balaban J connectivity index is 1.31. The second kappa shape index (κ2) is 10.5. The number of aromatic nitrogens is 3. The van der Waals surface area contributed by atoms with E-state index in [1.165, 1.54) is 41.2 Å². The number of phenolic OH excluding ortho intramolecular Hbond substituents is 1. The summed E-state index contributed by atoms with van der Waals surface area (Å²) in [5.41, 5.74) is 3.62. The molecule has 6 nitrogen and oxygen atoms in total. The highest BCUT2D eigenvalue weighted by atomic mass is 19.1. The lowest BCUT2D eigenvalue weighted by atomic mass is 9.70. The number of pyridine rings is 1. The minimum absolute atomic E-state index is 0.129. The fourth-order valence-electron chi connectivity index (χ4n) is 6.52. The van der Waals surface area contributed by atoms with E-state index in [0.29, 0.717) is 22.6 Å². The van der Waals surface area contributed by atoms with Gasteiger partial charge in [-0.05, 0) is 110 Å². The Morgan fingerprint density at radius 2 is 1.70 bits per heavy atom. The van der Waals surface area contributed by atoms with Crippen LogP contribution in [0.4, 0.5) is 4.39 Å². The number of fused-ring (bicyclic) bond motifs is 2. The third-order valence-electron chi connectivity index (χ3n) is 9.15. The van der Waals surface area contributed by atoms with E-state index in [1.807, 2.05) is 48.5 Å². The number of likely N-dealkylation sites (tertiary alicyclic amines) is 1.